The van der Waals surface area contributed by atoms with Gasteiger partial charge < -0.3 is 13.6 Å². The van der Waals surface area contributed by atoms with Crippen molar-refractivity contribution < 1.29 is 4.42 Å². The average molecular weight is 727 g/mol. The summed E-state index contributed by atoms with van der Waals surface area (Å²) in [6.07, 6.45) is 0. The van der Waals surface area contributed by atoms with Crippen LogP contribution < -0.4 is 0 Å². The largest absolute Gasteiger partial charge is 0.454 e. The van der Waals surface area contributed by atoms with Crippen molar-refractivity contribution in [3.8, 4) is 44.8 Å². The molecule has 12 rings (SSSR count). The first kappa shape index (κ1) is 31.7. The first-order valence-corrected chi connectivity index (χ1v) is 19.5. The van der Waals surface area contributed by atoms with E-state index in [4.69, 9.17) is 4.42 Å². The third kappa shape index (κ3) is 4.92. The molecule has 0 fully saturated rings. The molecule has 3 heteroatoms. The zero-order chi connectivity index (χ0) is 37.5. The Morgan fingerprint density at radius 2 is 0.789 bits per heavy atom. The smallest absolute Gasteiger partial charge is 0.159 e. The Morgan fingerprint density at radius 1 is 0.281 bits per heavy atom. The van der Waals surface area contributed by atoms with Gasteiger partial charge in [0.2, 0.25) is 0 Å². The molecule has 0 saturated heterocycles. The maximum Gasteiger partial charge on any atom is 0.159 e. The Labute approximate surface area is 328 Å². The molecule has 0 radical (unpaired) electrons. The predicted molar refractivity (Wildman–Crippen MR) is 239 cm³/mol. The maximum absolute atomic E-state index is 6.76. The highest BCUT2D eigenvalue weighted by atomic mass is 16.3. The van der Waals surface area contributed by atoms with E-state index >= 15 is 0 Å². The molecular formula is C54H34N2O. The highest BCUT2D eigenvalue weighted by molar-refractivity contribution is 6.15. The second-order valence-electron chi connectivity index (χ2n) is 14.9. The van der Waals surface area contributed by atoms with Gasteiger partial charge in [0.1, 0.15) is 5.58 Å². The molecule has 0 aliphatic rings. The van der Waals surface area contributed by atoms with Crippen molar-refractivity contribution in [3.63, 3.8) is 0 Å². The maximum atomic E-state index is 6.76. The number of furan rings is 1. The zero-order valence-electron chi connectivity index (χ0n) is 30.9. The Balaban J connectivity index is 1.07. The van der Waals surface area contributed by atoms with Crippen LogP contribution in [0.2, 0.25) is 0 Å². The molecule has 3 aromatic heterocycles. The van der Waals surface area contributed by atoms with Crippen LogP contribution in [0, 0.1) is 0 Å². The fourth-order valence-corrected chi connectivity index (χ4v) is 9.04. The van der Waals surface area contributed by atoms with Crippen molar-refractivity contribution in [1.29, 1.82) is 0 Å². The summed E-state index contributed by atoms with van der Waals surface area (Å²) in [6, 6.07) is 74.4. The van der Waals surface area contributed by atoms with E-state index < -0.39 is 0 Å². The molecule has 0 atom stereocenters. The van der Waals surface area contributed by atoms with Crippen LogP contribution in [0.4, 0.5) is 0 Å². The van der Waals surface area contributed by atoms with Crippen molar-refractivity contribution in [2.75, 3.05) is 0 Å². The standard InChI is InChI=1S/C54H34N2O/c1-3-13-35(14-4-1)36-23-25-37(26-24-36)40-32-47-45-19-9-12-22-53(45)57-54(47)52(34-40)56-49-21-11-8-18-43(49)46-31-38(28-30-50(46)56)39-27-29-44-42-17-7-10-20-48(42)55(51(44)33-39)41-15-5-2-6-16-41/h1-34H. The monoisotopic (exact) mass is 726 g/mol. The molecule has 9 aromatic carbocycles. The normalized spacial score (nSPS) is 11.9. The van der Waals surface area contributed by atoms with Gasteiger partial charge in [0.15, 0.2) is 5.58 Å². The Kier molecular flexibility index (Phi) is 6.93. The van der Waals surface area contributed by atoms with Crippen LogP contribution in [0.5, 0.6) is 0 Å². The minimum absolute atomic E-state index is 0.881. The summed E-state index contributed by atoms with van der Waals surface area (Å²) in [5.74, 6) is 0. The molecule has 3 nitrogen and oxygen atoms in total. The molecule has 0 aliphatic heterocycles. The van der Waals surface area contributed by atoms with Gasteiger partial charge in [0.25, 0.3) is 0 Å². The van der Waals surface area contributed by atoms with Gasteiger partial charge in [-0.15, -0.1) is 0 Å². The van der Waals surface area contributed by atoms with Crippen molar-refractivity contribution >= 4 is 65.6 Å². The van der Waals surface area contributed by atoms with Crippen LogP contribution in [0.3, 0.4) is 0 Å². The zero-order valence-corrected chi connectivity index (χ0v) is 30.9. The van der Waals surface area contributed by atoms with Gasteiger partial charge in [0, 0.05) is 38.0 Å². The Bertz CT molecular complexity index is 3490. The van der Waals surface area contributed by atoms with E-state index in [0.717, 1.165) is 55.5 Å². The van der Waals surface area contributed by atoms with Crippen LogP contribution in [0.15, 0.2) is 211 Å². The first-order valence-electron chi connectivity index (χ1n) is 19.5. The second-order valence-corrected chi connectivity index (χ2v) is 14.9. The van der Waals surface area contributed by atoms with E-state index in [1.807, 2.05) is 6.07 Å². The molecule has 0 unspecified atom stereocenters. The number of para-hydroxylation sites is 4. The van der Waals surface area contributed by atoms with Crippen molar-refractivity contribution in [1.82, 2.24) is 9.13 Å². The lowest BCUT2D eigenvalue weighted by Gasteiger charge is -2.13. The van der Waals surface area contributed by atoms with Crippen LogP contribution in [-0.2, 0) is 0 Å². The van der Waals surface area contributed by atoms with Crippen LogP contribution >= 0.6 is 0 Å². The first-order chi connectivity index (χ1) is 28.3. The van der Waals surface area contributed by atoms with Gasteiger partial charge in [-0.2, -0.15) is 0 Å². The summed E-state index contributed by atoms with van der Waals surface area (Å²) in [7, 11) is 0. The molecule has 0 N–H and O–H groups in total. The Morgan fingerprint density at radius 3 is 1.56 bits per heavy atom. The summed E-state index contributed by atoms with van der Waals surface area (Å²) in [6.45, 7) is 0. The summed E-state index contributed by atoms with van der Waals surface area (Å²) in [4.78, 5) is 0. The Hall–Kier alpha value is -7.62. The molecule has 3 heterocycles. The minimum atomic E-state index is 0.881. The van der Waals surface area contributed by atoms with E-state index in [-0.39, 0.29) is 0 Å². The minimum Gasteiger partial charge on any atom is -0.454 e. The quantitative estimate of drug-likeness (QED) is 0.173. The lowest BCUT2D eigenvalue weighted by molar-refractivity contribution is 0.666. The van der Waals surface area contributed by atoms with E-state index in [0.29, 0.717) is 0 Å². The van der Waals surface area contributed by atoms with Crippen LogP contribution in [0.25, 0.3) is 110 Å². The van der Waals surface area contributed by atoms with Gasteiger partial charge in [0.05, 0.1) is 27.8 Å². The van der Waals surface area contributed by atoms with E-state index in [9.17, 15) is 0 Å². The SMILES string of the molecule is c1ccc(-c2ccc(-c3cc(-n4c5ccccc5c5cc(-c6ccc7c8ccccc8n(-c8ccccc8)c7c6)ccc54)c4oc5ccccc5c4c3)cc2)cc1. The van der Waals surface area contributed by atoms with Gasteiger partial charge >= 0.3 is 0 Å². The third-order valence-corrected chi connectivity index (χ3v) is 11.7. The lowest BCUT2D eigenvalue weighted by atomic mass is 9.98. The highest BCUT2D eigenvalue weighted by Crippen LogP contribution is 2.42. The number of aromatic nitrogens is 2. The number of hydrogen-bond acceptors (Lipinski definition) is 1. The van der Waals surface area contributed by atoms with Gasteiger partial charge in [-0.25, -0.2) is 0 Å². The van der Waals surface area contributed by atoms with Crippen molar-refractivity contribution in [2.45, 2.75) is 0 Å². The number of nitrogens with zero attached hydrogens (tertiary/aromatic N) is 2. The number of rotatable bonds is 5. The van der Waals surface area contributed by atoms with Crippen molar-refractivity contribution in [3.05, 3.63) is 206 Å². The molecule has 0 amide bonds. The number of benzene rings is 9. The van der Waals surface area contributed by atoms with E-state index in [1.54, 1.807) is 0 Å². The molecule has 0 saturated carbocycles. The van der Waals surface area contributed by atoms with Gasteiger partial charge in [-0.1, -0.05) is 146 Å². The van der Waals surface area contributed by atoms with Crippen molar-refractivity contribution in [2.24, 2.45) is 0 Å². The van der Waals surface area contributed by atoms with Gasteiger partial charge in [-0.05, 0) is 94.0 Å². The number of hydrogen-bond donors (Lipinski definition) is 0. The summed E-state index contributed by atoms with van der Waals surface area (Å²) >= 11 is 0. The summed E-state index contributed by atoms with van der Waals surface area (Å²) in [5.41, 5.74) is 15.7. The van der Waals surface area contributed by atoms with Crippen LogP contribution in [-0.4, -0.2) is 9.13 Å². The molecule has 0 spiro atoms. The highest BCUT2D eigenvalue weighted by Gasteiger charge is 2.21. The fourth-order valence-electron chi connectivity index (χ4n) is 9.04. The van der Waals surface area contributed by atoms with Gasteiger partial charge in [-0.3, -0.25) is 0 Å². The molecule has 0 bridgehead atoms. The topological polar surface area (TPSA) is 23.0 Å². The molecule has 0 aliphatic carbocycles. The second kappa shape index (κ2) is 12.5. The van der Waals surface area contributed by atoms with E-state index in [1.165, 1.54) is 54.8 Å². The molecule has 57 heavy (non-hydrogen) atoms. The lowest BCUT2D eigenvalue weighted by Crippen LogP contribution is -1.96. The molecular weight excluding hydrogens is 693 g/mol. The molecule has 12 aromatic rings. The summed E-state index contributed by atoms with van der Waals surface area (Å²) < 4.78 is 11.5. The fraction of sp³-hybridized carbons (Fsp3) is 0. The van der Waals surface area contributed by atoms with E-state index in [2.05, 4.69) is 209 Å². The summed E-state index contributed by atoms with van der Waals surface area (Å²) in [5, 5.41) is 7.13. The number of fused-ring (bicyclic) bond motifs is 9. The predicted octanol–water partition coefficient (Wildman–Crippen LogP) is 14.8. The third-order valence-electron chi connectivity index (χ3n) is 11.7. The molecule has 266 valence electrons. The average Bonchev–Trinajstić information content (AvgIpc) is 3.94. The van der Waals surface area contributed by atoms with Crippen LogP contribution in [0.1, 0.15) is 0 Å².